The Morgan fingerprint density at radius 3 is 2.67 bits per heavy atom. The van der Waals surface area contributed by atoms with Gasteiger partial charge in [0, 0.05) is 18.8 Å². The van der Waals surface area contributed by atoms with Gasteiger partial charge in [-0.15, -0.1) is 0 Å². The van der Waals surface area contributed by atoms with Crippen molar-refractivity contribution in [3.63, 3.8) is 0 Å². The van der Waals surface area contributed by atoms with Gasteiger partial charge in [-0.05, 0) is 18.6 Å². The van der Waals surface area contributed by atoms with E-state index in [2.05, 4.69) is 15.6 Å². The molecule has 4 N–H and O–H groups in total. The summed E-state index contributed by atoms with van der Waals surface area (Å²) in [6.45, 7) is 1.21. The molecule has 0 radical (unpaired) electrons. The summed E-state index contributed by atoms with van der Waals surface area (Å²) < 4.78 is 0. The van der Waals surface area contributed by atoms with Crippen LogP contribution in [0.2, 0.25) is 0 Å². The first-order valence-electron chi connectivity index (χ1n) is 5.37. The van der Waals surface area contributed by atoms with Crippen LogP contribution >= 0.6 is 0 Å². The lowest BCUT2D eigenvalue weighted by Gasteiger charge is -2.14. The Hall–Kier alpha value is -2.31. The van der Waals surface area contributed by atoms with E-state index in [4.69, 9.17) is 5.11 Å². The Morgan fingerprint density at radius 1 is 1.44 bits per heavy atom. The van der Waals surface area contributed by atoms with Crippen LogP contribution < -0.4 is 10.6 Å². The molecular weight excluding hydrogens is 238 g/mol. The topological polar surface area (TPSA) is 111 Å². The Bertz CT molecular complexity index is 428. The Kier molecular flexibility index (Phi) is 4.91. The highest BCUT2D eigenvalue weighted by Gasteiger charge is 2.20. The monoisotopic (exact) mass is 253 g/mol. The van der Waals surface area contributed by atoms with E-state index < -0.39 is 18.0 Å². The number of nitrogens with one attached hydrogen (secondary N) is 3. The molecule has 98 valence electrons. The maximum Gasteiger partial charge on any atom is 0.326 e. The molecule has 0 saturated heterocycles. The molecule has 0 aliphatic rings. The predicted octanol–water partition coefficient (Wildman–Crippen LogP) is -0.101. The molecular formula is C11H15N3O4. The minimum Gasteiger partial charge on any atom is -0.480 e. The normalized spacial score (nSPS) is 11.6. The lowest BCUT2D eigenvalue weighted by Crippen LogP contribution is -2.47. The minimum absolute atomic E-state index is 0.123. The standard InChI is InChI=1S/C11H15N3O4/c1-7(15)5-13-11(18)14-9(10(16)17)4-8-2-3-12-6-8/h2-3,6,9,12H,4-5H2,1H3,(H,16,17)(H2,13,14,18). The van der Waals surface area contributed by atoms with Crippen LogP contribution in [-0.4, -0.2) is 40.5 Å². The van der Waals surface area contributed by atoms with E-state index in [1.165, 1.54) is 6.92 Å². The fraction of sp³-hybridized carbons (Fsp3) is 0.364. The first-order valence-corrected chi connectivity index (χ1v) is 5.37. The van der Waals surface area contributed by atoms with Gasteiger partial charge in [-0.3, -0.25) is 4.79 Å². The fourth-order valence-corrected chi connectivity index (χ4v) is 1.34. The van der Waals surface area contributed by atoms with E-state index >= 15 is 0 Å². The Balaban J connectivity index is 2.50. The molecule has 1 unspecified atom stereocenters. The SMILES string of the molecule is CC(=O)CNC(=O)NC(Cc1cc[nH]c1)C(=O)O. The summed E-state index contributed by atoms with van der Waals surface area (Å²) in [7, 11) is 0. The number of aromatic amines is 1. The number of carboxylic acid groups (broad SMARTS) is 1. The molecule has 0 saturated carbocycles. The molecule has 1 aromatic heterocycles. The number of carbonyl (C=O) groups is 3. The molecule has 1 rings (SSSR count). The molecule has 0 aliphatic carbocycles. The first kappa shape index (κ1) is 13.8. The molecule has 7 heteroatoms. The van der Waals surface area contributed by atoms with E-state index in [-0.39, 0.29) is 18.7 Å². The Labute approximate surface area is 104 Å². The predicted molar refractivity (Wildman–Crippen MR) is 63.1 cm³/mol. The van der Waals surface area contributed by atoms with Gasteiger partial charge in [0.2, 0.25) is 0 Å². The number of H-pyrrole nitrogens is 1. The second-order valence-corrected chi connectivity index (χ2v) is 3.84. The van der Waals surface area contributed by atoms with Crippen molar-refractivity contribution in [1.82, 2.24) is 15.6 Å². The number of amides is 2. The summed E-state index contributed by atoms with van der Waals surface area (Å²) in [5, 5.41) is 13.5. The van der Waals surface area contributed by atoms with E-state index in [0.29, 0.717) is 0 Å². The van der Waals surface area contributed by atoms with Gasteiger partial charge in [0.25, 0.3) is 0 Å². The number of carboxylic acids is 1. The van der Waals surface area contributed by atoms with Gasteiger partial charge >= 0.3 is 12.0 Å². The molecule has 1 atom stereocenters. The number of Topliss-reactive ketones (excluding diaryl/α,β-unsaturated/α-hetero) is 1. The van der Waals surface area contributed by atoms with Gasteiger partial charge in [0.1, 0.15) is 11.8 Å². The average Bonchev–Trinajstić information content (AvgIpc) is 2.78. The highest BCUT2D eigenvalue weighted by atomic mass is 16.4. The molecule has 7 nitrogen and oxygen atoms in total. The third kappa shape index (κ3) is 4.69. The lowest BCUT2D eigenvalue weighted by molar-refractivity contribution is -0.139. The number of rotatable bonds is 6. The number of hydrogen-bond acceptors (Lipinski definition) is 3. The van der Waals surface area contributed by atoms with Gasteiger partial charge in [-0.25, -0.2) is 9.59 Å². The smallest absolute Gasteiger partial charge is 0.326 e. The van der Waals surface area contributed by atoms with Crippen molar-refractivity contribution in [2.75, 3.05) is 6.54 Å². The number of urea groups is 1. The van der Waals surface area contributed by atoms with Crippen LogP contribution in [-0.2, 0) is 16.0 Å². The van der Waals surface area contributed by atoms with Crippen LogP contribution in [0, 0.1) is 0 Å². The fourth-order valence-electron chi connectivity index (χ4n) is 1.34. The van der Waals surface area contributed by atoms with Crippen LogP contribution in [0.4, 0.5) is 4.79 Å². The molecule has 18 heavy (non-hydrogen) atoms. The van der Waals surface area contributed by atoms with E-state index in [0.717, 1.165) is 5.56 Å². The third-order valence-corrected chi connectivity index (χ3v) is 2.20. The third-order valence-electron chi connectivity index (χ3n) is 2.20. The van der Waals surface area contributed by atoms with Crippen molar-refractivity contribution < 1.29 is 19.5 Å². The maximum atomic E-state index is 11.3. The summed E-state index contributed by atoms with van der Waals surface area (Å²) in [5.41, 5.74) is 0.772. The van der Waals surface area contributed by atoms with Crippen LogP contribution in [0.15, 0.2) is 18.5 Å². The van der Waals surface area contributed by atoms with Gasteiger partial charge < -0.3 is 20.7 Å². The van der Waals surface area contributed by atoms with Crippen molar-refractivity contribution in [1.29, 1.82) is 0 Å². The largest absolute Gasteiger partial charge is 0.480 e. The molecule has 0 aliphatic heterocycles. The van der Waals surface area contributed by atoms with E-state index in [1.54, 1.807) is 18.5 Å². The molecule has 0 bridgehead atoms. The lowest BCUT2D eigenvalue weighted by atomic mass is 10.1. The van der Waals surface area contributed by atoms with Gasteiger partial charge in [-0.2, -0.15) is 0 Å². The number of hydrogen-bond donors (Lipinski definition) is 4. The Morgan fingerprint density at radius 2 is 2.17 bits per heavy atom. The maximum absolute atomic E-state index is 11.3. The van der Waals surface area contributed by atoms with Crippen molar-refractivity contribution in [2.24, 2.45) is 0 Å². The zero-order chi connectivity index (χ0) is 13.5. The number of aromatic nitrogens is 1. The quantitative estimate of drug-likeness (QED) is 0.567. The summed E-state index contributed by atoms with van der Waals surface area (Å²) in [5.74, 6) is -1.34. The van der Waals surface area contributed by atoms with Crippen LogP contribution in [0.25, 0.3) is 0 Å². The van der Waals surface area contributed by atoms with E-state index in [1.807, 2.05) is 0 Å². The van der Waals surface area contributed by atoms with Crippen molar-refractivity contribution in [3.05, 3.63) is 24.0 Å². The number of carbonyl (C=O) groups excluding carboxylic acids is 2. The number of aliphatic carboxylic acids is 1. The highest BCUT2D eigenvalue weighted by Crippen LogP contribution is 2.02. The average molecular weight is 253 g/mol. The summed E-state index contributed by atoms with van der Waals surface area (Å²) in [6.07, 6.45) is 3.50. The van der Waals surface area contributed by atoms with Crippen molar-refractivity contribution >= 4 is 17.8 Å². The zero-order valence-corrected chi connectivity index (χ0v) is 9.90. The summed E-state index contributed by atoms with van der Waals surface area (Å²) in [6, 6.07) is 0.0198. The molecule has 0 aromatic carbocycles. The highest BCUT2D eigenvalue weighted by molar-refractivity contribution is 5.86. The zero-order valence-electron chi connectivity index (χ0n) is 9.90. The molecule has 1 heterocycles. The molecule has 0 fully saturated rings. The van der Waals surface area contributed by atoms with Crippen LogP contribution in [0.1, 0.15) is 12.5 Å². The summed E-state index contributed by atoms with van der Waals surface area (Å²) in [4.78, 5) is 35.8. The minimum atomic E-state index is -1.13. The van der Waals surface area contributed by atoms with Crippen molar-refractivity contribution in [2.45, 2.75) is 19.4 Å². The summed E-state index contributed by atoms with van der Waals surface area (Å²) >= 11 is 0. The van der Waals surface area contributed by atoms with Crippen LogP contribution in [0.3, 0.4) is 0 Å². The second kappa shape index (κ2) is 6.43. The van der Waals surface area contributed by atoms with Gasteiger partial charge in [0.05, 0.1) is 6.54 Å². The van der Waals surface area contributed by atoms with Crippen LogP contribution in [0.5, 0.6) is 0 Å². The first-order chi connectivity index (χ1) is 8.49. The molecule has 0 spiro atoms. The van der Waals surface area contributed by atoms with Gasteiger partial charge in [0.15, 0.2) is 0 Å². The van der Waals surface area contributed by atoms with Crippen molar-refractivity contribution in [3.8, 4) is 0 Å². The second-order valence-electron chi connectivity index (χ2n) is 3.84. The van der Waals surface area contributed by atoms with E-state index in [9.17, 15) is 14.4 Å². The molecule has 1 aromatic rings. The van der Waals surface area contributed by atoms with Gasteiger partial charge in [-0.1, -0.05) is 0 Å². The number of ketones is 1. The molecule has 2 amide bonds.